The largest absolute Gasteiger partial charge is 0.391 e. The van der Waals surface area contributed by atoms with Crippen LogP contribution in [0.25, 0.3) is 0 Å². The van der Waals surface area contributed by atoms with E-state index in [9.17, 15) is 19.5 Å². The highest BCUT2D eigenvalue weighted by atomic mass is 32.1. The lowest BCUT2D eigenvalue weighted by molar-refractivity contribution is -0.151. The number of rotatable bonds is 7. The molecule has 0 bridgehead atoms. The van der Waals surface area contributed by atoms with Crippen LogP contribution in [0.5, 0.6) is 0 Å². The highest BCUT2D eigenvalue weighted by Gasteiger charge is 2.42. The molecule has 10 heteroatoms. The summed E-state index contributed by atoms with van der Waals surface area (Å²) in [5.41, 5.74) is 5.50. The van der Waals surface area contributed by atoms with Crippen molar-refractivity contribution in [2.24, 2.45) is 5.92 Å². The number of thiazole rings is 1. The van der Waals surface area contributed by atoms with Gasteiger partial charge in [-0.05, 0) is 44.4 Å². The Balaban J connectivity index is 1.54. The zero-order chi connectivity index (χ0) is 23.4. The molecule has 1 aromatic heterocycles. The van der Waals surface area contributed by atoms with Crippen LogP contribution in [0.15, 0.2) is 5.51 Å². The van der Waals surface area contributed by atoms with Gasteiger partial charge < -0.3 is 15.3 Å². The van der Waals surface area contributed by atoms with Crippen LogP contribution in [0.2, 0.25) is 0 Å². The van der Waals surface area contributed by atoms with Crippen molar-refractivity contribution >= 4 is 29.1 Å². The first-order valence-electron chi connectivity index (χ1n) is 11.3. The number of hydrogen-bond acceptors (Lipinski definition) is 7. The van der Waals surface area contributed by atoms with Crippen molar-refractivity contribution in [3.05, 3.63) is 16.1 Å². The number of hydroxylamine groups is 1. The van der Waals surface area contributed by atoms with Crippen molar-refractivity contribution in [2.45, 2.75) is 90.0 Å². The van der Waals surface area contributed by atoms with Crippen LogP contribution in [0.3, 0.4) is 0 Å². The molecule has 2 fully saturated rings. The monoisotopic (exact) mass is 466 g/mol. The van der Waals surface area contributed by atoms with Crippen LogP contribution in [-0.4, -0.2) is 63.5 Å². The fraction of sp³-hybridized carbons (Fsp3) is 0.727. The molecule has 1 saturated carbocycles. The fourth-order valence-corrected chi connectivity index (χ4v) is 5.55. The summed E-state index contributed by atoms with van der Waals surface area (Å²) in [7, 11) is 0. The zero-order valence-corrected chi connectivity index (χ0v) is 20.0. The highest BCUT2D eigenvalue weighted by Crippen LogP contribution is 2.37. The summed E-state index contributed by atoms with van der Waals surface area (Å²) in [4.78, 5) is 50.1. The Bertz CT molecular complexity index is 821. The van der Waals surface area contributed by atoms with Crippen LogP contribution < -0.4 is 10.8 Å². The Kier molecular flexibility index (Phi) is 8.24. The summed E-state index contributed by atoms with van der Waals surface area (Å²) in [6.07, 6.45) is 2.88. The molecule has 1 aliphatic heterocycles. The molecule has 3 rings (SSSR count). The van der Waals surface area contributed by atoms with Gasteiger partial charge in [0.1, 0.15) is 12.1 Å². The number of amides is 3. The molecule has 178 valence electrons. The van der Waals surface area contributed by atoms with Crippen molar-refractivity contribution in [3.8, 4) is 0 Å². The molecular weight excluding hydrogens is 432 g/mol. The predicted octanol–water partition coefficient (Wildman–Crippen LogP) is 1.65. The summed E-state index contributed by atoms with van der Waals surface area (Å²) in [6.45, 7) is 7.09. The van der Waals surface area contributed by atoms with Gasteiger partial charge in [-0.3, -0.25) is 19.2 Å². The molecule has 1 aliphatic carbocycles. The molecular formula is C22H34N4O5S. The molecule has 3 amide bonds. The smallest absolute Gasteiger partial charge is 0.266 e. The van der Waals surface area contributed by atoms with Crippen molar-refractivity contribution in [1.82, 2.24) is 20.7 Å². The van der Waals surface area contributed by atoms with Gasteiger partial charge in [0.05, 0.1) is 23.4 Å². The van der Waals surface area contributed by atoms with E-state index >= 15 is 0 Å². The summed E-state index contributed by atoms with van der Waals surface area (Å²) < 4.78 is 0. The minimum absolute atomic E-state index is 0.0546. The third-order valence-electron chi connectivity index (χ3n) is 6.31. The van der Waals surface area contributed by atoms with Crippen LogP contribution in [0.4, 0.5) is 0 Å². The van der Waals surface area contributed by atoms with Gasteiger partial charge in [-0.2, -0.15) is 0 Å². The molecule has 0 spiro atoms. The molecule has 3 N–H and O–H groups in total. The van der Waals surface area contributed by atoms with E-state index in [1.807, 2.05) is 26.3 Å². The number of nitrogens with one attached hydrogen (secondary N) is 2. The summed E-state index contributed by atoms with van der Waals surface area (Å²) in [5, 5.41) is 12.8. The molecule has 32 heavy (non-hydrogen) atoms. The van der Waals surface area contributed by atoms with E-state index in [0.717, 1.165) is 31.4 Å². The van der Waals surface area contributed by atoms with Gasteiger partial charge in [0.15, 0.2) is 0 Å². The van der Waals surface area contributed by atoms with Gasteiger partial charge in [0, 0.05) is 24.8 Å². The average Bonchev–Trinajstić information content (AvgIpc) is 3.35. The number of nitrogens with zero attached hydrogens (tertiary/aromatic N) is 2. The third-order valence-corrected chi connectivity index (χ3v) is 7.40. The first-order chi connectivity index (χ1) is 15.2. The number of hydrogen-bond donors (Lipinski definition) is 3. The maximum absolute atomic E-state index is 13.0. The minimum Gasteiger partial charge on any atom is -0.391 e. The lowest BCUT2D eigenvalue weighted by atomic mass is 9.86. The molecule has 2 aliphatic rings. The maximum Gasteiger partial charge on any atom is 0.266 e. The minimum atomic E-state index is -0.830. The number of aliphatic hydroxyl groups excluding tert-OH is 1. The van der Waals surface area contributed by atoms with E-state index < -0.39 is 24.1 Å². The molecule has 1 aromatic rings. The molecule has 9 nitrogen and oxygen atoms in total. The Morgan fingerprint density at radius 2 is 1.94 bits per heavy atom. The Morgan fingerprint density at radius 1 is 1.25 bits per heavy atom. The number of aryl methyl sites for hydroxylation is 1. The van der Waals surface area contributed by atoms with Crippen LogP contribution >= 0.6 is 11.3 Å². The molecule has 3 atom stereocenters. The van der Waals surface area contributed by atoms with E-state index in [1.54, 1.807) is 11.3 Å². The van der Waals surface area contributed by atoms with E-state index in [0.29, 0.717) is 5.92 Å². The Morgan fingerprint density at radius 3 is 2.50 bits per heavy atom. The van der Waals surface area contributed by atoms with Crippen molar-refractivity contribution < 1.29 is 24.3 Å². The molecule has 0 unspecified atom stereocenters. The number of aliphatic hydroxyl groups is 1. The normalized spacial score (nSPS) is 26.8. The zero-order valence-electron chi connectivity index (χ0n) is 19.2. The van der Waals surface area contributed by atoms with Crippen molar-refractivity contribution in [2.75, 3.05) is 6.54 Å². The highest BCUT2D eigenvalue weighted by molar-refractivity contribution is 7.09. The predicted molar refractivity (Wildman–Crippen MR) is 120 cm³/mol. The number of likely N-dealkylation sites (tertiary alicyclic amines) is 1. The number of carbonyl (C=O) groups is 3. The average molecular weight is 467 g/mol. The summed E-state index contributed by atoms with van der Waals surface area (Å²) >= 11 is 1.69. The molecule has 0 aromatic carbocycles. The van der Waals surface area contributed by atoms with Gasteiger partial charge >= 0.3 is 0 Å². The fourth-order valence-electron chi connectivity index (χ4n) is 4.57. The van der Waals surface area contributed by atoms with Crippen LogP contribution in [0, 0.1) is 12.8 Å². The van der Waals surface area contributed by atoms with Crippen LogP contribution in [0.1, 0.15) is 69.4 Å². The Hall–Kier alpha value is -2.04. The SMILES string of the molecule is CC(=O)N[C@H](C(=O)N1C[C@H](O)C[C@H]1C(=O)NOC1CCC(c2scnc2C)CC1)C(C)C. The standard InChI is InChI=1S/C22H34N4O5S/c1-12(2)19(24-14(4)27)22(30)26-10-16(28)9-18(26)21(29)25-31-17-7-5-15(6-8-17)20-13(3)23-11-32-20/h11-12,15-19,28H,5-10H2,1-4H3,(H,24,27)(H,25,29)/t15?,16-,17?,18+,19+/m1/s1. The van der Waals surface area contributed by atoms with E-state index in [1.165, 1.54) is 16.7 Å². The summed E-state index contributed by atoms with van der Waals surface area (Å²) in [6, 6.07) is -1.58. The lowest BCUT2D eigenvalue weighted by Gasteiger charge is -2.31. The van der Waals surface area contributed by atoms with Gasteiger partial charge in [-0.15, -0.1) is 11.3 Å². The second-order valence-corrected chi connectivity index (χ2v) is 10.1. The molecule has 2 heterocycles. The molecule has 0 radical (unpaired) electrons. The first-order valence-corrected chi connectivity index (χ1v) is 12.2. The quantitative estimate of drug-likeness (QED) is 0.526. The van der Waals surface area contributed by atoms with E-state index in [2.05, 4.69) is 15.8 Å². The van der Waals surface area contributed by atoms with Gasteiger partial charge in [-0.25, -0.2) is 10.5 Å². The van der Waals surface area contributed by atoms with E-state index in [4.69, 9.17) is 4.84 Å². The summed E-state index contributed by atoms with van der Waals surface area (Å²) in [5.74, 6) is -0.794. The van der Waals surface area contributed by atoms with Gasteiger partial charge in [-0.1, -0.05) is 13.8 Å². The first kappa shape index (κ1) is 24.6. The van der Waals surface area contributed by atoms with E-state index in [-0.39, 0.29) is 36.8 Å². The second-order valence-electron chi connectivity index (χ2n) is 9.18. The third kappa shape index (κ3) is 5.85. The second kappa shape index (κ2) is 10.7. The number of aromatic nitrogens is 1. The molecule has 1 saturated heterocycles. The Labute approximate surface area is 192 Å². The maximum atomic E-state index is 13.0. The van der Waals surface area contributed by atoms with Crippen molar-refractivity contribution in [3.63, 3.8) is 0 Å². The number of carbonyl (C=O) groups excluding carboxylic acids is 3. The van der Waals surface area contributed by atoms with Gasteiger partial charge in [0.25, 0.3) is 5.91 Å². The van der Waals surface area contributed by atoms with Crippen LogP contribution in [-0.2, 0) is 19.2 Å². The van der Waals surface area contributed by atoms with Crippen molar-refractivity contribution in [1.29, 1.82) is 0 Å². The topological polar surface area (TPSA) is 121 Å². The number of β-amino-alcohol motifs (C(OH)–C–C–N with tert-alkyl or cyclic N) is 1. The van der Waals surface area contributed by atoms with Gasteiger partial charge in [0.2, 0.25) is 11.8 Å². The lowest BCUT2D eigenvalue weighted by Crippen LogP contribution is -2.55.